The van der Waals surface area contributed by atoms with Crippen LogP contribution in [0, 0.1) is 13.8 Å². The Labute approximate surface area is 755 Å². The fraction of sp³-hybridized carbons (Fsp3) is 0.0870. The standard InChI is InChI=1S/2C31H24O14.C30H22O14/c2*1-4-26(32)38-17-40-30(36)43-22-10-6-20(7-11-22)28(34)42-24-14-15-25(19(3)16-24)45-29(35)21-8-12-23(13-9-21)44-31(37)41-18-39-27(33)5-2;1-3-25(31)37-17-39-29(35)43-23-9-5-19(6-10-23)27(33)41-21-13-15-22(16-14-21)42-28(34)20-7-11-24(12-8-20)44-30(36)40-18-38-26(32)4-2/h2*4-16H,1-2,17-18H2,3H3;3-16H,1-2,17-18H2. The van der Waals surface area contributed by atoms with E-state index in [0.29, 0.717) is 11.1 Å². The van der Waals surface area contributed by atoms with E-state index < -0.39 is 149 Å². The third-order valence-corrected chi connectivity index (χ3v) is 15.4. The van der Waals surface area contributed by atoms with Crippen LogP contribution < -0.4 is 56.8 Å². The number of hydrogen-bond donors (Lipinski definition) is 0. The highest BCUT2D eigenvalue weighted by Crippen LogP contribution is 2.30. The van der Waals surface area contributed by atoms with Gasteiger partial charge in [0.25, 0.3) is 0 Å². The van der Waals surface area contributed by atoms with Crippen LogP contribution in [0.5, 0.6) is 69.0 Å². The minimum absolute atomic E-state index is 0.0567. The second-order valence-corrected chi connectivity index (χ2v) is 24.5. The highest BCUT2D eigenvalue weighted by molar-refractivity contribution is 5.96. The van der Waals surface area contributed by atoms with Gasteiger partial charge in [0.15, 0.2) is 0 Å². The predicted octanol–water partition coefficient (Wildman–Crippen LogP) is 14.2. The first-order chi connectivity index (χ1) is 64.3. The molecular weight excluding hydrogens is 1780 g/mol. The van der Waals surface area contributed by atoms with Crippen LogP contribution in [0.1, 0.15) is 73.3 Å². The van der Waals surface area contributed by atoms with Gasteiger partial charge in [-0.15, -0.1) is 0 Å². The molecule has 690 valence electrons. The smallest absolute Gasteiger partial charge is 0.425 e. The van der Waals surface area contributed by atoms with Gasteiger partial charge in [0, 0.05) is 36.5 Å². The van der Waals surface area contributed by atoms with Gasteiger partial charge in [0.1, 0.15) is 69.0 Å². The van der Waals surface area contributed by atoms with Gasteiger partial charge < -0.3 is 114 Å². The summed E-state index contributed by atoms with van der Waals surface area (Å²) in [5.74, 6) is -7.56. The van der Waals surface area contributed by atoms with Gasteiger partial charge in [0.2, 0.25) is 40.8 Å². The summed E-state index contributed by atoms with van der Waals surface area (Å²) in [4.78, 5) is 211. The molecule has 0 aliphatic carbocycles. The number of esters is 12. The molecule has 0 unspecified atom stereocenters. The van der Waals surface area contributed by atoms with E-state index >= 15 is 0 Å². The quantitative estimate of drug-likeness (QED) is 0.00878. The van der Waals surface area contributed by atoms with Gasteiger partial charge in [-0.3, -0.25) is 0 Å². The molecule has 9 aromatic rings. The van der Waals surface area contributed by atoms with Gasteiger partial charge >= 0.3 is 109 Å². The van der Waals surface area contributed by atoms with Crippen molar-refractivity contribution >= 4 is 109 Å². The molecule has 9 aromatic carbocycles. The van der Waals surface area contributed by atoms with Crippen LogP contribution in [-0.2, 0) is 85.6 Å². The minimum Gasteiger partial charge on any atom is -0.425 e. The van der Waals surface area contributed by atoms with Crippen molar-refractivity contribution in [3.8, 4) is 69.0 Å². The Kier molecular flexibility index (Phi) is 40.4. The summed E-state index contributed by atoms with van der Waals surface area (Å²) in [6.07, 6.45) is -1.38. The first-order valence-electron chi connectivity index (χ1n) is 37.4. The van der Waals surface area contributed by atoms with Crippen molar-refractivity contribution in [3.63, 3.8) is 0 Å². The number of aryl methyl sites for hydroxylation is 2. The van der Waals surface area contributed by atoms with Crippen LogP contribution in [0.25, 0.3) is 0 Å². The molecule has 0 aromatic heterocycles. The minimum atomic E-state index is -1.13. The second kappa shape index (κ2) is 53.2. The van der Waals surface area contributed by atoms with Crippen LogP contribution in [0.3, 0.4) is 0 Å². The molecule has 0 spiro atoms. The van der Waals surface area contributed by atoms with Gasteiger partial charge in [0.05, 0.1) is 33.4 Å². The molecule has 42 heteroatoms. The summed E-state index contributed by atoms with van der Waals surface area (Å²) < 4.78 is 116. The molecule has 0 aliphatic rings. The number of benzene rings is 9. The lowest BCUT2D eigenvalue weighted by Crippen LogP contribution is -2.15. The monoisotopic (exact) mass is 1850 g/mol. The van der Waals surface area contributed by atoms with Crippen LogP contribution in [-0.4, -0.2) is 149 Å². The molecule has 0 fully saturated rings. The molecule has 0 aliphatic heterocycles. The third-order valence-electron chi connectivity index (χ3n) is 15.4. The largest absolute Gasteiger partial charge is 0.516 e. The molecule has 0 saturated heterocycles. The van der Waals surface area contributed by atoms with E-state index in [-0.39, 0.29) is 102 Å². The van der Waals surface area contributed by atoms with E-state index in [1.165, 1.54) is 206 Å². The van der Waals surface area contributed by atoms with Crippen molar-refractivity contribution in [1.29, 1.82) is 0 Å². The van der Waals surface area contributed by atoms with E-state index in [1.807, 2.05) is 0 Å². The lowest BCUT2D eigenvalue weighted by molar-refractivity contribution is -0.147. The van der Waals surface area contributed by atoms with E-state index in [0.717, 1.165) is 36.5 Å². The molecule has 0 atom stereocenters. The van der Waals surface area contributed by atoms with Gasteiger partial charge in [-0.2, -0.15) is 0 Å². The second-order valence-electron chi connectivity index (χ2n) is 24.5. The molecular formula is C92H70O42. The fourth-order valence-electron chi connectivity index (χ4n) is 9.03. The van der Waals surface area contributed by atoms with Gasteiger partial charge in [-0.1, -0.05) is 39.5 Å². The number of hydrogen-bond acceptors (Lipinski definition) is 42. The van der Waals surface area contributed by atoms with E-state index in [4.69, 9.17) is 56.8 Å². The van der Waals surface area contributed by atoms with Crippen LogP contribution in [0.4, 0.5) is 28.8 Å². The number of ether oxygens (including phenoxy) is 24. The normalized spacial score (nSPS) is 9.87. The Morgan fingerprint density at radius 3 is 0.493 bits per heavy atom. The highest BCUT2D eigenvalue weighted by atomic mass is 16.8. The molecule has 134 heavy (non-hydrogen) atoms. The van der Waals surface area contributed by atoms with Crippen molar-refractivity contribution < 1.29 is 200 Å². The van der Waals surface area contributed by atoms with E-state index in [2.05, 4.69) is 96.3 Å². The molecule has 0 N–H and O–H groups in total. The summed E-state index contributed by atoms with van der Waals surface area (Å²) in [7, 11) is 0. The molecule has 0 saturated carbocycles. The average molecular weight is 1850 g/mol. The number of carbonyl (C=O) groups is 18. The van der Waals surface area contributed by atoms with Gasteiger partial charge in [-0.05, 0) is 231 Å². The SMILES string of the molecule is C=CC(=O)OCOC(=O)Oc1ccc(C(=O)Oc2ccc(OC(=O)c3ccc(OC(=O)OCOC(=O)C=C)cc3)c(C)c2)cc1.C=CC(=O)OCOC(=O)Oc1ccc(C(=O)Oc2ccc(OC(=O)c3ccc(OC(=O)OCOC(=O)C=C)cc3)c(C)c2)cc1.C=CC(=O)OCOC(=O)Oc1ccc(C(=O)Oc2ccc(OC(=O)c3ccc(OC(=O)OCOC(=O)C=C)cc3)cc2)cc1. The van der Waals surface area contributed by atoms with Crippen LogP contribution in [0.2, 0.25) is 0 Å². The first-order valence-corrected chi connectivity index (χ1v) is 37.4. The van der Waals surface area contributed by atoms with E-state index in [9.17, 15) is 86.3 Å². The zero-order valence-electron chi connectivity index (χ0n) is 69.7. The average Bonchev–Trinajstić information content (AvgIpc) is 0.836. The summed E-state index contributed by atoms with van der Waals surface area (Å²) in [6, 6.07) is 46.5. The predicted molar refractivity (Wildman–Crippen MR) is 447 cm³/mol. The molecule has 0 radical (unpaired) electrons. The Morgan fingerprint density at radius 1 is 0.187 bits per heavy atom. The fourth-order valence-corrected chi connectivity index (χ4v) is 9.03. The van der Waals surface area contributed by atoms with Crippen molar-refractivity contribution in [2.24, 2.45) is 0 Å². The molecule has 42 nitrogen and oxygen atoms in total. The van der Waals surface area contributed by atoms with Gasteiger partial charge in [-0.25, -0.2) is 86.3 Å². The first kappa shape index (κ1) is 102. The van der Waals surface area contributed by atoms with Crippen molar-refractivity contribution in [3.05, 3.63) is 327 Å². The molecule has 0 amide bonds. The summed E-state index contributed by atoms with van der Waals surface area (Å²) in [5, 5.41) is 0. The zero-order chi connectivity index (χ0) is 97.4. The third kappa shape index (κ3) is 36.3. The zero-order valence-corrected chi connectivity index (χ0v) is 69.7. The summed E-state index contributed by atoms with van der Waals surface area (Å²) >= 11 is 0. The van der Waals surface area contributed by atoms with Crippen molar-refractivity contribution in [2.45, 2.75) is 13.8 Å². The number of rotatable bonds is 36. The van der Waals surface area contributed by atoms with Crippen molar-refractivity contribution in [2.75, 3.05) is 40.8 Å². The summed E-state index contributed by atoms with van der Waals surface area (Å²) in [6.45, 7) is 18.5. The van der Waals surface area contributed by atoms with Crippen LogP contribution >= 0.6 is 0 Å². The van der Waals surface area contributed by atoms with Crippen molar-refractivity contribution in [1.82, 2.24) is 0 Å². The highest BCUT2D eigenvalue weighted by Gasteiger charge is 2.22. The van der Waals surface area contributed by atoms with E-state index in [1.54, 1.807) is 13.8 Å². The molecule has 0 heterocycles. The Morgan fingerprint density at radius 2 is 0.328 bits per heavy atom. The topological polar surface area (TPSA) is 529 Å². The molecule has 0 bridgehead atoms. The van der Waals surface area contributed by atoms with Crippen LogP contribution in [0.15, 0.2) is 282 Å². The summed E-state index contributed by atoms with van der Waals surface area (Å²) in [5.41, 5.74) is 1.80. The Bertz CT molecular complexity index is 5480. The Hall–Kier alpha value is -19.3. The maximum atomic E-state index is 12.6. The molecule has 9 rings (SSSR count). The maximum absolute atomic E-state index is 12.6. The lowest BCUT2D eigenvalue weighted by atomic mass is 10.2. The maximum Gasteiger partial charge on any atom is 0.516 e. The lowest BCUT2D eigenvalue weighted by Gasteiger charge is -2.11. The Balaban J connectivity index is 0.000000274. The number of carbonyl (C=O) groups excluding carboxylic acids is 18.